The van der Waals surface area contributed by atoms with Gasteiger partial charge in [-0.1, -0.05) is 22.8 Å². The molecule has 1 N–H and O–H groups in total. The van der Waals surface area contributed by atoms with Crippen molar-refractivity contribution in [3.8, 4) is 5.75 Å². The van der Waals surface area contributed by atoms with Crippen LogP contribution in [0.2, 0.25) is 5.02 Å². The van der Waals surface area contributed by atoms with Gasteiger partial charge in [0.15, 0.2) is 12.0 Å². The molecule has 2 aliphatic rings. The van der Waals surface area contributed by atoms with Crippen LogP contribution in [0.15, 0.2) is 56.9 Å². The molecule has 0 bridgehead atoms. The minimum atomic E-state index is -3.79. The van der Waals surface area contributed by atoms with Gasteiger partial charge in [0.25, 0.3) is 0 Å². The highest BCUT2D eigenvalue weighted by Gasteiger charge is 2.35. The molecule has 0 saturated carbocycles. The van der Waals surface area contributed by atoms with E-state index in [1.165, 1.54) is 16.6 Å². The lowest BCUT2D eigenvalue weighted by molar-refractivity contribution is 0.139. The van der Waals surface area contributed by atoms with Crippen LogP contribution in [-0.2, 0) is 14.9 Å². The molecule has 12 heteroatoms. The van der Waals surface area contributed by atoms with E-state index in [4.69, 9.17) is 25.6 Å². The largest absolute Gasteiger partial charge is 0.495 e. The van der Waals surface area contributed by atoms with Crippen molar-refractivity contribution in [2.45, 2.75) is 12.6 Å². The predicted octanol–water partition coefficient (Wildman–Crippen LogP) is 3.76. The minimum Gasteiger partial charge on any atom is -0.495 e. The molecular formula is C19H20BrClN4O5S. The van der Waals surface area contributed by atoms with E-state index in [2.05, 4.69) is 25.8 Å². The molecule has 4 rings (SSSR count). The van der Waals surface area contributed by atoms with Crippen LogP contribution in [-0.4, -0.2) is 51.4 Å². The van der Waals surface area contributed by atoms with Crippen LogP contribution < -0.4 is 14.4 Å². The van der Waals surface area contributed by atoms with Gasteiger partial charge < -0.3 is 18.9 Å². The minimum absolute atomic E-state index is 0.134. The number of hydrogen-bond donors (Lipinski definition) is 1. The van der Waals surface area contributed by atoms with Gasteiger partial charge in [-0.3, -0.25) is 4.72 Å². The van der Waals surface area contributed by atoms with Crippen molar-refractivity contribution in [3.63, 3.8) is 0 Å². The van der Waals surface area contributed by atoms with Gasteiger partial charge >= 0.3 is 10.2 Å². The molecule has 1 aromatic heterocycles. The van der Waals surface area contributed by atoms with E-state index in [0.29, 0.717) is 21.7 Å². The number of anilines is 2. The zero-order valence-electron chi connectivity index (χ0n) is 16.7. The second kappa shape index (κ2) is 8.83. The molecule has 2 aromatic rings. The lowest BCUT2D eigenvalue weighted by atomic mass is 10.0. The van der Waals surface area contributed by atoms with E-state index in [-0.39, 0.29) is 25.1 Å². The molecule has 2 aliphatic heterocycles. The van der Waals surface area contributed by atoms with Crippen LogP contribution in [0.4, 0.5) is 11.5 Å². The fourth-order valence-electron chi connectivity index (χ4n) is 3.62. The first-order valence-electron chi connectivity index (χ1n) is 9.27. The average Bonchev–Trinajstić information content (AvgIpc) is 3.26. The van der Waals surface area contributed by atoms with E-state index in [0.717, 1.165) is 17.0 Å². The summed E-state index contributed by atoms with van der Waals surface area (Å²) in [4.78, 5) is 1.99. The molecule has 0 fully saturated rings. The van der Waals surface area contributed by atoms with Gasteiger partial charge in [0, 0.05) is 42.9 Å². The fourth-order valence-corrected chi connectivity index (χ4v) is 5.24. The number of rotatable bonds is 6. The number of ether oxygens (including phenoxy) is 2. The Morgan fingerprint density at radius 2 is 2.16 bits per heavy atom. The molecule has 31 heavy (non-hydrogen) atoms. The van der Waals surface area contributed by atoms with Crippen LogP contribution in [0.1, 0.15) is 6.42 Å². The topological polar surface area (TPSA) is 97.1 Å². The summed E-state index contributed by atoms with van der Waals surface area (Å²) in [5.74, 6) is 0.748. The SMILES string of the molecule is COc1cc(Br)c(Cl)cc1N1C2=C(C=CC1OC)CN(S(=O)(=O)Nc1ccon1)CC2. The molecule has 3 heterocycles. The standard InChI is InChI=1S/C19H20BrClN4O5S/c1-28-17-9-13(20)14(21)10-16(17)25-15-5-7-24(11-12(15)3-4-19(25)29-2)31(26,27)23-18-6-8-30-22-18/h3-4,6,8-10,19H,5,7,11H2,1-2H3,(H,22,23). The van der Waals surface area contributed by atoms with E-state index in [1.54, 1.807) is 26.4 Å². The summed E-state index contributed by atoms with van der Waals surface area (Å²) in [5.41, 5.74) is 2.53. The summed E-state index contributed by atoms with van der Waals surface area (Å²) >= 11 is 9.79. The van der Waals surface area contributed by atoms with Gasteiger partial charge in [0.1, 0.15) is 12.0 Å². The lowest BCUT2D eigenvalue weighted by Crippen LogP contribution is -2.46. The molecule has 1 unspecified atom stereocenters. The Morgan fingerprint density at radius 1 is 1.35 bits per heavy atom. The molecule has 0 amide bonds. The number of methoxy groups -OCH3 is 2. The van der Waals surface area contributed by atoms with Crippen molar-refractivity contribution < 1.29 is 22.4 Å². The maximum Gasteiger partial charge on any atom is 0.303 e. The zero-order valence-corrected chi connectivity index (χ0v) is 19.9. The van der Waals surface area contributed by atoms with Crippen molar-refractivity contribution in [2.75, 3.05) is 36.9 Å². The van der Waals surface area contributed by atoms with Gasteiger partial charge in [-0.15, -0.1) is 0 Å². The molecule has 9 nitrogen and oxygen atoms in total. The van der Waals surface area contributed by atoms with Crippen molar-refractivity contribution in [1.82, 2.24) is 9.46 Å². The summed E-state index contributed by atoms with van der Waals surface area (Å²) in [5, 5.41) is 4.14. The van der Waals surface area contributed by atoms with Crippen molar-refractivity contribution in [2.24, 2.45) is 0 Å². The average molecular weight is 532 g/mol. The van der Waals surface area contributed by atoms with Crippen LogP contribution in [0.5, 0.6) is 5.75 Å². The Bertz CT molecular complexity index is 1140. The van der Waals surface area contributed by atoms with Crippen molar-refractivity contribution in [3.05, 3.63) is 57.4 Å². The van der Waals surface area contributed by atoms with Crippen molar-refractivity contribution >= 4 is 49.2 Å². The Morgan fingerprint density at radius 3 is 2.84 bits per heavy atom. The Hall–Kier alpha value is -2.05. The van der Waals surface area contributed by atoms with Gasteiger partial charge in [0.05, 0.1) is 17.8 Å². The Kier molecular flexibility index (Phi) is 6.31. The van der Waals surface area contributed by atoms with Gasteiger partial charge in [-0.25, -0.2) is 0 Å². The molecule has 0 saturated heterocycles. The number of benzene rings is 1. The third kappa shape index (κ3) is 4.33. The molecule has 1 aromatic carbocycles. The Labute approximate surface area is 193 Å². The first-order chi connectivity index (χ1) is 14.8. The molecule has 1 atom stereocenters. The summed E-state index contributed by atoms with van der Waals surface area (Å²) in [7, 11) is -0.595. The fraction of sp³-hybridized carbons (Fsp3) is 0.316. The van der Waals surface area contributed by atoms with Gasteiger partial charge in [-0.2, -0.15) is 12.7 Å². The smallest absolute Gasteiger partial charge is 0.303 e. The Balaban J connectivity index is 1.68. The van der Waals surface area contributed by atoms with Crippen LogP contribution in [0, 0.1) is 0 Å². The quantitative estimate of drug-likeness (QED) is 0.606. The molecule has 166 valence electrons. The second-order valence-electron chi connectivity index (χ2n) is 6.84. The molecule has 0 spiro atoms. The van der Waals surface area contributed by atoms with Gasteiger partial charge in [0.2, 0.25) is 0 Å². The van der Waals surface area contributed by atoms with E-state index in [1.807, 2.05) is 17.1 Å². The highest BCUT2D eigenvalue weighted by molar-refractivity contribution is 9.10. The zero-order chi connectivity index (χ0) is 22.2. The maximum atomic E-state index is 12.8. The number of hydrogen-bond acceptors (Lipinski definition) is 7. The van der Waals surface area contributed by atoms with Crippen LogP contribution in [0.3, 0.4) is 0 Å². The number of aromatic nitrogens is 1. The lowest BCUT2D eigenvalue weighted by Gasteiger charge is -2.41. The summed E-state index contributed by atoms with van der Waals surface area (Å²) < 4.78 is 46.0. The summed E-state index contributed by atoms with van der Waals surface area (Å²) in [6.07, 6.45) is 5.15. The number of nitrogens with zero attached hydrogens (tertiary/aromatic N) is 3. The van der Waals surface area contributed by atoms with E-state index >= 15 is 0 Å². The van der Waals surface area contributed by atoms with E-state index in [9.17, 15) is 8.42 Å². The summed E-state index contributed by atoms with van der Waals surface area (Å²) in [6.45, 7) is 0.470. The maximum absolute atomic E-state index is 12.8. The summed E-state index contributed by atoms with van der Waals surface area (Å²) in [6, 6.07) is 5.04. The highest BCUT2D eigenvalue weighted by atomic mass is 79.9. The molecule has 0 aliphatic carbocycles. The first kappa shape index (κ1) is 22.2. The van der Waals surface area contributed by atoms with Crippen molar-refractivity contribution in [1.29, 1.82) is 0 Å². The predicted molar refractivity (Wildman–Crippen MR) is 120 cm³/mol. The monoisotopic (exact) mass is 530 g/mol. The second-order valence-corrected chi connectivity index (χ2v) is 9.77. The molecule has 0 radical (unpaired) electrons. The van der Waals surface area contributed by atoms with E-state index < -0.39 is 10.2 Å². The normalized spacial score (nSPS) is 19.5. The van der Waals surface area contributed by atoms with Crippen LogP contribution >= 0.6 is 27.5 Å². The third-order valence-corrected chi connectivity index (χ3v) is 7.71. The highest BCUT2D eigenvalue weighted by Crippen LogP contribution is 2.42. The number of nitrogens with one attached hydrogen (secondary N) is 1. The number of halogens is 2. The van der Waals surface area contributed by atoms with Crippen LogP contribution in [0.25, 0.3) is 0 Å². The van der Waals surface area contributed by atoms with Gasteiger partial charge in [-0.05, 0) is 39.7 Å². The third-order valence-electron chi connectivity index (χ3n) is 5.06. The molecular weight excluding hydrogens is 512 g/mol. The first-order valence-corrected chi connectivity index (χ1v) is 11.9.